The molecule has 5 nitrogen and oxygen atoms in total. The summed E-state index contributed by atoms with van der Waals surface area (Å²) in [6, 6.07) is 1.98. The van der Waals surface area contributed by atoms with E-state index in [2.05, 4.69) is 15.3 Å². The Kier molecular flexibility index (Phi) is 3.33. The summed E-state index contributed by atoms with van der Waals surface area (Å²) in [5, 5.41) is 3.46. The van der Waals surface area contributed by atoms with E-state index < -0.39 is 0 Å². The van der Waals surface area contributed by atoms with Gasteiger partial charge >= 0.3 is 0 Å². The highest BCUT2D eigenvalue weighted by atomic mass is 35.5. The first-order chi connectivity index (χ1) is 7.71. The standard InChI is InChI=1S/C10H14ClN3O2/c1-15-8-5-9(16-2)14-10(13-8)12-7-3-6(11)4-7/h5-7H,3-4H2,1-2H3,(H,12,13,14). The number of hydrogen-bond donors (Lipinski definition) is 1. The number of alkyl halides is 1. The van der Waals surface area contributed by atoms with Crippen molar-refractivity contribution in [3.05, 3.63) is 6.07 Å². The van der Waals surface area contributed by atoms with E-state index >= 15 is 0 Å². The molecule has 16 heavy (non-hydrogen) atoms. The Labute approximate surface area is 99.1 Å². The van der Waals surface area contributed by atoms with Crippen molar-refractivity contribution >= 4 is 17.5 Å². The molecule has 0 spiro atoms. The maximum absolute atomic E-state index is 5.90. The fourth-order valence-electron chi connectivity index (χ4n) is 1.53. The molecule has 1 aromatic heterocycles. The van der Waals surface area contributed by atoms with Crippen molar-refractivity contribution < 1.29 is 9.47 Å². The van der Waals surface area contributed by atoms with Crippen LogP contribution >= 0.6 is 11.6 Å². The molecule has 0 radical (unpaired) electrons. The summed E-state index contributed by atoms with van der Waals surface area (Å²) >= 11 is 5.90. The number of anilines is 1. The summed E-state index contributed by atoms with van der Waals surface area (Å²) in [7, 11) is 3.12. The topological polar surface area (TPSA) is 56.3 Å². The quantitative estimate of drug-likeness (QED) is 0.816. The van der Waals surface area contributed by atoms with E-state index in [4.69, 9.17) is 21.1 Å². The molecule has 88 valence electrons. The van der Waals surface area contributed by atoms with Gasteiger partial charge < -0.3 is 14.8 Å². The van der Waals surface area contributed by atoms with Crippen molar-refractivity contribution in [2.45, 2.75) is 24.3 Å². The van der Waals surface area contributed by atoms with Crippen LogP contribution < -0.4 is 14.8 Å². The number of methoxy groups -OCH3 is 2. The zero-order valence-electron chi connectivity index (χ0n) is 9.24. The van der Waals surface area contributed by atoms with E-state index in [1.165, 1.54) is 0 Å². The summed E-state index contributed by atoms with van der Waals surface area (Å²) in [6.45, 7) is 0. The number of ether oxygens (including phenoxy) is 2. The number of hydrogen-bond acceptors (Lipinski definition) is 5. The summed E-state index contributed by atoms with van der Waals surface area (Å²) in [4.78, 5) is 8.36. The van der Waals surface area contributed by atoms with Gasteiger partial charge in [-0.3, -0.25) is 0 Å². The molecule has 0 unspecified atom stereocenters. The van der Waals surface area contributed by atoms with Gasteiger partial charge in [0.1, 0.15) is 0 Å². The van der Waals surface area contributed by atoms with Crippen molar-refractivity contribution in [1.82, 2.24) is 9.97 Å². The average molecular weight is 244 g/mol. The predicted octanol–water partition coefficient (Wildman–Crippen LogP) is 1.68. The molecule has 0 aliphatic heterocycles. The maximum atomic E-state index is 5.90. The van der Waals surface area contributed by atoms with Gasteiger partial charge in [0.2, 0.25) is 17.7 Å². The predicted molar refractivity (Wildman–Crippen MR) is 61.4 cm³/mol. The molecule has 1 saturated carbocycles. The summed E-state index contributed by atoms with van der Waals surface area (Å²) in [5.41, 5.74) is 0. The first-order valence-corrected chi connectivity index (χ1v) is 5.52. The van der Waals surface area contributed by atoms with E-state index in [-0.39, 0.29) is 5.38 Å². The van der Waals surface area contributed by atoms with Crippen LogP contribution in [-0.2, 0) is 0 Å². The Morgan fingerprint density at radius 1 is 1.25 bits per heavy atom. The molecule has 1 aromatic rings. The third-order valence-corrected chi connectivity index (χ3v) is 2.87. The average Bonchev–Trinajstić information content (AvgIpc) is 2.26. The molecule has 1 N–H and O–H groups in total. The van der Waals surface area contributed by atoms with E-state index in [0.29, 0.717) is 23.8 Å². The Morgan fingerprint density at radius 3 is 2.25 bits per heavy atom. The van der Waals surface area contributed by atoms with E-state index in [1.807, 2.05) is 0 Å². The molecule has 0 aromatic carbocycles. The monoisotopic (exact) mass is 243 g/mol. The molecule has 2 rings (SSSR count). The SMILES string of the molecule is COc1cc(OC)nc(NC2CC(Cl)C2)n1. The largest absolute Gasteiger partial charge is 0.481 e. The van der Waals surface area contributed by atoms with Crippen molar-refractivity contribution in [2.24, 2.45) is 0 Å². The highest BCUT2D eigenvalue weighted by molar-refractivity contribution is 6.21. The van der Waals surface area contributed by atoms with Crippen LogP contribution in [-0.4, -0.2) is 35.6 Å². The molecule has 1 heterocycles. The van der Waals surface area contributed by atoms with Crippen molar-refractivity contribution in [1.29, 1.82) is 0 Å². The van der Waals surface area contributed by atoms with Crippen LogP contribution in [0.3, 0.4) is 0 Å². The van der Waals surface area contributed by atoms with Gasteiger partial charge in [0.25, 0.3) is 0 Å². The number of rotatable bonds is 4. The Balaban J connectivity index is 2.07. The first kappa shape index (κ1) is 11.3. The number of nitrogens with zero attached hydrogens (tertiary/aromatic N) is 2. The minimum absolute atomic E-state index is 0.269. The Morgan fingerprint density at radius 2 is 1.81 bits per heavy atom. The van der Waals surface area contributed by atoms with Gasteiger partial charge in [-0.25, -0.2) is 0 Å². The molecule has 0 atom stereocenters. The Hall–Kier alpha value is -1.23. The van der Waals surface area contributed by atoms with Crippen molar-refractivity contribution in [3.8, 4) is 11.8 Å². The molecule has 0 amide bonds. The molecule has 0 saturated heterocycles. The van der Waals surface area contributed by atoms with Crippen LogP contribution in [0.4, 0.5) is 5.95 Å². The second-order valence-electron chi connectivity index (χ2n) is 3.69. The van der Waals surface area contributed by atoms with Gasteiger partial charge in [-0.1, -0.05) is 0 Å². The molecule has 1 fully saturated rings. The lowest BCUT2D eigenvalue weighted by molar-refractivity contribution is 0.371. The number of halogens is 1. The lowest BCUT2D eigenvalue weighted by Gasteiger charge is -2.31. The lowest BCUT2D eigenvalue weighted by Crippen LogP contribution is -2.36. The van der Waals surface area contributed by atoms with Gasteiger partial charge in [-0.05, 0) is 12.8 Å². The van der Waals surface area contributed by atoms with Gasteiger partial charge in [0.15, 0.2) is 0 Å². The third kappa shape index (κ3) is 2.47. The van der Waals surface area contributed by atoms with Gasteiger partial charge in [-0.15, -0.1) is 11.6 Å². The van der Waals surface area contributed by atoms with E-state index in [9.17, 15) is 0 Å². The summed E-state index contributed by atoms with van der Waals surface area (Å²) in [5.74, 6) is 1.48. The van der Waals surface area contributed by atoms with Crippen LogP contribution in [0.1, 0.15) is 12.8 Å². The fourth-order valence-corrected chi connectivity index (χ4v) is 1.96. The van der Waals surface area contributed by atoms with Crippen molar-refractivity contribution in [2.75, 3.05) is 19.5 Å². The van der Waals surface area contributed by atoms with Crippen LogP contribution in [0, 0.1) is 0 Å². The van der Waals surface area contributed by atoms with Gasteiger partial charge in [-0.2, -0.15) is 9.97 Å². The fraction of sp³-hybridized carbons (Fsp3) is 0.600. The second kappa shape index (κ2) is 4.74. The van der Waals surface area contributed by atoms with Crippen LogP contribution in [0.2, 0.25) is 0 Å². The van der Waals surface area contributed by atoms with E-state index in [0.717, 1.165) is 12.8 Å². The van der Waals surface area contributed by atoms with E-state index in [1.54, 1.807) is 20.3 Å². The maximum Gasteiger partial charge on any atom is 0.229 e. The molecular weight excluding hydrogens is 230 g/mol. The number of nitrogens with one attached hydrogen (secondary N) is 1. The molecule has 1 aliphatic rings. The van der Waals surface area contributed by atoms with Gasteiger partial charge in [0.05, 0.1) is 20.3 Å². The molecule has 6 heteroatoms. The zero-order chi connectivity index (χ0) is 11.5. The number of aromatic nitrogens is 2. The summed E-state index contributed by atoms with van der Waals surface area (Å²) in [6.07, 6.45) is 1.87. The third-order valence-electron chi connectivity index (χ3n) is 2.51. The molecule has 0 bridgehead atoms. The Bertz CT molecular complexity index is 347. The van der Waals surface area contributed by atoms with Crippen LogP contribution in [0.15, 0.2) is 6.07 Å². The van der Waals surface area contributed by atoms with Crippen molar-refractivity contribution in [3.63, 3.8) is 0 Å². The first-order valence-electron chi connectivity index (χ1n) is 5.09. The molecular formula is C10H14ClN3O2. The van der Waals surface area contributed by atoms with Crippen LogP contribution in [0.25, 0.3) is 0 Å². The highest BCUT2D eigenvalue weighted by Crippen LogP contribution is 2.28. The normalized spacial score (nSPS) is 23.4. The minimum atomic E-state index is 0.269. The zero-order valence-corrected chi connectivity index (χ0v) is 9.99. The summed E-state index contributed by atoms with van der Waals surface area (Å²) < 4.78 is 10.1. The smallest absolute Gasteiger partial charge is 0.229 e. The highest BCUT2D eigenvalue weighted by Gasteiger charge is 2.27. The second-order valence-corrected chi connectivity index (χ2v) is 4.30. The van der Waals surface area contributed by atoms with Crippen LogP contribution in [0.5, 0.6) is 11.8 Å². The van der Waals surface area contributed by atoms with Gasteiger partial charge in [0, 0.05) is 11.4 Å². The molecule has 1 aliphatic carbocycles. The minimum Gasteiger partial charge on any atom is -0.481 e. The lowest BCUT2D eigenvalue weighted by atomic mass is 9.93.